The van der Waals surface area contributed by atoms with Gasteiger partial charge in [0.25, 0.3) is 0 Å². The molecule has 0 bridgehead atoms. The fourth-order valence-corrected chi connectivity index (χ4v) is 2.49. The summed E-state index contributed by atoms with van der Waals surface area (Å²) in [7, 11) is 0. The van der Waals surface area contributed by atoms with E-state index in [0.29, 0.717) is 18.3 Å². The first kappa shape index (κ1) is 12.8. The van der Waals surface area contributed by atoms with Crippen LogP contribution in [0.4, 0.5) is 11.5 Å². The second-order valence-electron chi connectivity index (χ2n) is 4.75. The molecular weight excluding hydrogens is 232 g/mol. The standard InChI is InChI=1S/C12H18N4O2/c1-8-5-6-11(16(17)18)12(14-8)15-10-4-2-3-9(10)7-13/h5-6,9-10H,2-4,7,13H2,1H3,(H,14,15). The van der Waals surface area contributed by atoms with E-state index in [9.17, 15) is 10.1 Å². The number of nitro groups is 1. The fourth-order valence-electron chi connectivity index (χ4n) is 2.49. The molecule has 6 nitrogen and oxygen atoms in total. The molecule has 0 aromatic carbocycles. The highest BCUT2D eigenvalue weighted by molar-refractivity contribution is 5.56. The molecule has 1 fully saturated rings. The van der Waals surface area contributed by atoms with Crippen molar-refractivity contribution in [3.8, 4) is 0 Å². The fraction of sp³-hybridized carbons (Fsp3) is 0.583. The van der Waals surface area contributed by atoms with Crippen LogP contribution in [0.3, 0.4) is 0 Å². The Balaban J connectivity index is 2.22. The van der Waals surface area contributed by atoms with Crippen LogP contribution in [0.15, 0.2) is 12.1 Å². The number of nitrogens with zero attached hydrogens (tertiary/aromatic N) is 2. The second kappa shape index (κ2) is 5.30. The van der Waals surface area contributed by atoms with Gasteiger partial charge in [-0.25, -0.2) is 4.98 Å². The minimum absolute atomic E-state index is 0.0308. The highest BCUT2D eigenvalue weighted by atomic mass is 16.6. The molecule has 0 amide bonds. The van der Waals surface area contributed by atoms with Crippen LogP contribution < -0.4 is 11.1 Å². The minimum Gasteiger partial charge on any atom is -0.361 e. The predicted octanol–water partition coefficient (Wildman–Crippen LogP) is 1.84. The quantitative estimate of drug-likeness (QED) is 0.628. The Kier molecular flexibility index (Phi) is 3.76. The molecule has 98 valence electrons. The summed E-state index contributed by atoms with van der Waals surface area (Å²) in [5.41, 5.74) is 6.51. The predicted molar refractivity (Wildman–Crippen MR) is 69.4 cm³/mol. The molecule has 0 saturated heterocycles. The Bertz CT molecular complexity index is 450. The molecule has 3 N–H and O–H groups in total. The molecule has 1 aromatic heterocycles. The number of rotatable bonds is 4. The molecular formula is C12H18N4O2. The summed E-state index contributed by atoms with van der Waals surface area (Å²) in [5.74, 6) is 0.747. The molecule has 1 aliphatic carbocycles. The van der Waals surface area contributed by atoms with E-state index in [1.165, 1.54) is 6.07 Å². The van der Waals surface area contributed by atoms with Gasteiger partial charge in [0.15, 0.2) is 0 Å². The van der Waals surface area contributed by atoms with Crippen LogP contribution in [0.2, 0.25) is 0 Å². The van der Waals surface area contributed by atoms with Gasteiger partial charge in [-0.2, -0.15) is 0 Å². The Labute approximate surface area is 106 Å². The van der Waals surface area contributed by atoms with Crippen LogP contribution in [-0.2, 0) is 0 Å². The van der Waals surface area contributed by atoms with Crippen LogP contribution >= 0.6 is 0 Å². The summed E-state index contributed by atoms with van der Waals surface area (Å²) in [6, 6.07) is 3.35. The Morgan fingerprint density at radius 2 is 2.33 bits per heavy atom. The zero-order valence-electron chi connectivity index (χ0n) is 10.4. The van der Waals surface area contributed by atoms with Crippen LogP contribution in [-0.4, -0.2) is 22.5 Å². The SMILES string of the molecule is Cc1ccc([N+](=O)[O-])c(NC2CCCC2CN)n1. The van der Waals surface area contributed by atoms with Gasteiger partial charge >= 0.3 is 5.69 Å². The molecule has 1 saturated carbocycles. The van der Waals surface area contributed by atoms with Crippen molar-refractivity contribution >= 4 is 11.5 Å². The van der Waals surface area contributed by atoms with Crippen molar-refractivity contribution in [3.63, 3.8) is 0 Å². The zero-order chi connectivity index (χ0) is 13.1. The van der Waals surface area contributed by atoms with Gasteiger partial charge in [-0.1, -0.05) is 6.42 Å². The largest absolute Gasteiger partial charge is 0.361 e. The van der Waals surface area contributed by atoms with Crippen LogP contribution in [0.5, 0.6) is 0 Å². The number of aryl methyl sites for hydroxylation is 1. The number of hydrogen-bond donors (Lipinski definition) is 2. The highest BCUT2D eigenvalue weighted by Gasteiger charge is 2.28. The number of pyridine rings is 1. The topological polar surface area (TPSA) is 94.1 Å². The maximum Gasteiger partial charge on any atom is 0.311 e. The molecule has 1 heterocycles. The minimum atomic E-state index is -0.402. The van der Waals surface area contributed by atoms with Crippen molar-refractivity contribution in [1.29, 1.82) is 0 Å². The van der Waals surface area contributed by atoms with E-state index in [-0.39, 0.29) is 11.7 Å². The maximum atomic E-state index is 11.0. The average molecular weight is 250 g/mol. The number of hydrogen-bond acceptors (Lipinski definition) is 5. The highest BCUT2D eigenvalue weighted by Crippen LogP contribution is 2.30. The van der Waals surface area contributed by atoms with Crippen molar-refractivity contribution in [2.45, 2.75) is 32.2 Å². The third-order valence-electron chi connectivity index (χ3n) is 3.49. The van der Waals surface area contributed by atoms with Crippen molar-refractivity contribution < 1.29 is 4.92 Å². The first-order chi connectivity index (χ1) is 8.61. The number of nitrogens with two attached hydrogens (primary N) is 1. The van der Waals surface area contributed by atoms with E-state index in [2.05, 4.69) is 10.3 Å². The van der Waals surface area contributed by atoms with Gasteiger partial charge in [-0.05, 0) is 38.3 Å². The maximum absolute atomic E-state index is 11.0. The van der Waals surface area contributed by atoms with Gasteiger partial charge in [-0.15, -0.1) is 0 Å². The molecule has 0 spiro atoms. The van der Waals surface area contributed by atoms with Crippen LogP contribution in [0.1, 0.15) is 25.0 Å². The lowest BCUT2D eigenvalue weighted by molar-refractivity contribution is -0.384. The van der Waals surface area contributed by atoms with E-state index in [1.807, 2.05) is 6.92 Å². The van der Waals surface area contributed by atoms with Crippen molar-refractivity contribution in [1.82, 2.24) is 4.98 Å². The molecule has 2 atom stereocenters. The molecule has 1 aromatic rings. The summed E-state index contributed by atoms with van der Waals surface area (Å²) in [4.78, 5) is 14.8. The van der Waals surface area contributed by atoms with Crippen LogP contribution in [0.25, 0.3) is 0 Å². The number of aromatic nitrogens is 1. The van der Waals surface area contributed by atoms with Gasteiger partial charge in [0.05, 0.1) is 4.92 Å². The molecule has 18 heavy (non-hydrogen) atoms. The van der Waals surface area contributed by atoms with Crippen molar-refractivity contribution in [2.24, 2.45) is 11.7 Å². The van der Waals surface area contributed by atoms with Gasteiger partial charge in [-0.3, -0.25) is 10.1 Å². The number of anilines is 1. The lowest BCUT2D eigenvalue weighted by atomic mass is 10.0. The van der Waals surface area contributed by atoms with E-state index < -0.39 is 4.92 Å². The Morgan fingerprint density at radius 3 is 3.00 bits per heavy atom. The summed E-state index contributed by atoms with van der Waals surface area (Å²) < 4.78 is 0. The van der Waals surface area contributed by atoms with E-state index in [0.717, 1.165) is 25.0 Å². The van der Waals surface area contributed by atoms with Crippen molar-refractivity contribution in [2.75, 3.05) is 11.9 Å². The van der Waals surface area contributed by atoms with Gasteiger partial charge in [0.1, 0.15) is 0 Å². The van der Waals surface area contributed by atoms with Gasteiger partial charge in [0.2, 0.25) is 5.82 Å². The molecule has 0 aliphatic heterocycles. The molecule has 2 unspecified atom stereocenters. The summed E-state index contributed by atoms with van der Waals surface area (Å²) in [5, 5.41) is 14.2. The second-order valence-corrected chi connectivity index (χ2v) is 4.75. The van der Waals surface area contributed by atoms with Crippen molar-refractivity contribution in [3.05, 3.63) is 27.9 Å². The molecule has 1 aliphatic rings. The summed E-state index contributed by atoms with van der Waals surface area (Å²) in [6.07, 6.45) is 3.18. The first-order valence-electron chi connectivity index (χ1n) is 6.20. The number of nitrogens with one attached hydrogen (secondary N) is 1. The van der Waals surface area contributed by atoms with E-state index in [1.54, 1.807) is 6.07 Å². The third-order valence-corrected chi connectivity index (χ3v) is 3.49. The Hall–Kier alpha value is -1.69. The van der Waals surface area contributed by atoms with E-state index >= 15 is 0 Å². The smallest absolute Gasteiger partial charge is 0.311 e. The molecule has 2 rings (SSSR count). The normalized spacial score (nSPS) is 23.0. The van der Waals surface area contributed by atoms with E-state index in [4.69, 9.17) is 5.73 Å². The van der Waals surface area contributed by atoms with Crippen LogP contribution in [0, 0.1) is 23.0 Å². The van der Waals surface area contributed by atoms with Gasteiger partial charge < -0.3 is 11.1 Å². The molecule has 6 heteroatoms. The van der Waals surface area contributed by atoms with Gasteiger partial charge in [0, 0.05) is 17.8 Å². The summed E-state index contributed by atoms with van der Waals surface area (Å²) in [6.45, 7) is 2.43. The average Bonchev–Trinajstić information content (AvgIpc) is 2.76. The zero-order valence-corrected chi connectivity index (χ0v) is 10.4. The lowest BCUT2D eigenvalue weighted by Gasteiger charge is -2.20. The Morgan fingerprint density at radius 1 is 1.56 bits per heavy atom. The first-order valence-corrected chi connectivity index (χ1v) is 6.20. The molecule has 0 radical (unpaired) electrons. The summed E-state index contributed by atoms with van der Waals surface area (Å²) >= 11 is 0. The third kappa shape index (κ3) is 2.59. The lowest BCUT2D eigenvalue weighted by Crippen LogP contribution is -2.30. The monoisotopic (exact) mass is 250 g/mol.